The molecule has 1 rings (SSSR count). The van der Waals surface area contributed by atoms with Crippen LogP contribution in [0.1, 0.15) is 0 Å². The van der Waals surface area contributed by atoms with Gasteiger partial charge >= 0.3 is 0 Å². The van der Waals surface area contributed by atoms with E-state index in [9.17, 15) is 17.6 Å². The molecule has 57 valence electrons. The van der Waals surface area contributed by atoms with Crippen LogP contribution >= 0.6 is 0 Å². The van der Waals surface area contributed by atoms with Gasteiger partial charge in [0.2, 0.25) is 0 Å². The number of benzene rings is 1. The van der Waals surface area contributed by atoms with E-state index < -0.39 is 23.3 Å². The van der Waals surface area contributed by atoms with Crippen molar-refractivity contribution in [3.05, 3.63) is 35.4 Å². The molecule has 0 spiro atoms. The number of hydrogen-bond acceptors (Lipinski definition) is 0. The van der Waals surface area contributed by atoms with Crippen molar-refractivity contribution in [1.29, 1.82) is 0 Å². The monoisotopic (exact) mass is 219 g/mol. The molecular weight excluding hydrogens is 218 g/mol. The predicted molar refractivity (Wildman–Crippen MR) is 32.0 cm³/mol. The van der Waals surface area contributed by atoms with Gasteiger partial charge in [-0.05, 0) is 12.1 Å². The zero-order valence-electron chi connectivity index (χ0n) is 5.24. The summed E-state index contributed by atoms with van der Waals surface area (Å²) in [6, 6.07) is 1.04. The van der Waals surface area contributed by atoms with Crippen molar-refractivity contribution in [2.75, 3.05) is 0 Å². The predicted octanol–water partition coefficient (Wildman–Crippen LogP) is 1.86. The van der Waals surface area contributed by atoms with Crippen LogP contribution in [0, 0.1) is 23.3 Å². The summed E-state index contributed by atoms with van der Waals surface area (Å²) in [5, 5.41) is 0. The van der Waals surface area contributed by atoms with Crippen LogP contribution in [0.15, 0.2) is 12.1 Å². The Labute approximate surface area is 73.3 Å². The summed E-state index contributed by atoms with van der Waals surface area (Å²) >= 11 is 0. The standard InChI is InChI=1S/C6H2F4.Ga/c7-3-1-2-4(8)6(10)5(3)9;/h1-2H;. The van der Waals surface area contributed by atoms with Gasteiger partial charge in [0.25, 0.3) is 0 Å². The average Bonchev–Trinajstić information content (AvgIpc) is 1.93. The van der Waals surface area contributed by atoms with Crippen molar-refractivity contribution < 1.29 is 17.6 Å². The normalized spacial score (nSPS) is 9.09. The largest absolute Gasteiger partial charge is 0.204 e. The Kier molecular flexibility index (Phi) is 3.67. The molecule has 1 aromatic carbocycles. The average molecular weight is 220 g/mol. The molecule has 0 aliphatic rings. The minimum atomic E-state index is -1.78. The Bertz CT molecular complexity index is 234. The summed E-state index contributed by atoms with van der Waals surface area (Å²) in [4.78, 5) is 0. The molecular formula is C6H2F4Ga. The van der Waals surface area contributed by atoms with Crippen LogP contribution < -0.4 is 0 Å². The molecule has 0 fully saturated rings. The van der Waals surface area contributed by atoms with Gasteiger partial charge in [0.05, 0.1) is 0 Å². The minimum absolute atomic E-state index is 0. The maximum Gasteiger partial charge on any atom is 0.197 e. The van der Waals surface area contributed by atoms with E-state index >= 15 is 0 Å². The minimum Gasteiger partial charge on any atom is -0.204 e. The van der Waals surface area contributed by atoms with Crippen LogP contribution in [0.2, 0.25) is 0 Å². The second-order valence-electron chi connectivity index (χ2n) is 1.66. The van der Waals surface area contributed by atoms with E-state index in [1.807, 2.05) is 0 Å². The van der Waals surface area contributed by atoms with Crippen LogP contribution in [0.3, 0.4) is 0 Å². The van der Waals surface area contributed by atoms with E-state index in [1.165, 1.54) is 0 Å². The molecule has 0 saturated carbocycles. The van der Waals surface area contributed by atoms with Gasteiger partial charge in [0.15, 0.2) is 23.3 Å². The smallest absolute Gasteiger partial charge is 0.197 e. The molecule has 0 N–H and O–H groups in total. The van der Waals surface area contributed by atoms with Crippen molar-refractivity contribution in [1.82, 2.24) is 0 Å². The molecule has 3 radical (unpaired) electrons. The first kappa shape index (κ1) is 10.6. The molecule has 0 saturated heterocycles. The van der Waals surface area contributed by atoms with Crippen molar-refractivity contribution >= 4 is 19.8 Å². The molecule has 0 atom stereocenters. The fourth-order valence-corrected chi connectivity index (χ4v) is 0.502. The first-order chi connectivity index (χ1) is 4.63. The maximum atomic E-state index is 12.0. The molecule has 0 aromatic heterocycles. The molecule has 5 heteroatoms. The Morgan fingerprint density at radius 3 is 1.27 bits per heavy atom. The van der Waals surface area contributed by atoms with Gasteiger partial charge in [-0.2, -0.15) is 0 Å². The number of hydrogen-bond donors (Lipinski definition) is 0. The number of rotatable bonds is 0. The molecule has 0 aliphatic carbocycles. The van der Waals surface area contributed by atoms with Crippen molar-refractivity contribution in [2.24, 2.45) is 0 Å². The van der Waals surface area contributed by atoms with E-state index in [0.717, 1.165) is 0 Å². The second-order valence-corrected chi connectivity index (χ2v) is 1.66. The molecule has 0 nitrogen and oxygen atoms in total. The summed E-state index contributed by atoms with van der Waals surface area (Å²) in [6.07, 6.45) is 0. The molecule has 0 heterocycles. The summed E-state index contributed by atoms with van der Waals surface area (Å²) in [5.74, 6) is -6.34. The SMILES string of the molecule is Fc1ccc(F)c(F)c1F.[Ga]. The third kappa shape index (κ3) is 2.00. The quantitative estimate of drug-likeness (QED) is 0.271. The fourth-order valence-electron chi connectivity index (χ4n) is 0.502. The Hall–Kier alpha value is -0.424. The number of halogens is 4. The summed E-state index contributed by atoms with van der Waals surface area (Å²) < 4.78 is 48.0. The van der Waals surface area contributed by atoms with Crippen LogP contribution in [0.25, 0.3) is 0 Å². The van der Waals surface area contributed by atoms with Crippen LogP contribution in [-0.4, -0.2) is 19.8 Å². The van der Waals surface area contributed by atoms with E-state index in [-0.39, 0.29) is 19.8 Å². The molecule has 0 aliphatic heterocycles. The summed E-state index contributed by atoms with van der Waals surface area (Å²) in [5.41, 5.74) is 0. The Morgan fingerprint density at radius 1 is 0.727 bits per heavy atom. The van der Waals surface area contributed by atoms with Gasteiger partial charge < -0.3 is 0 Å². The third-order valence-electron chi connectivity index (χ3n) is 0.988. The van der Waals surface area contributed by atoms with E-state index in [0.29, 0.717) is 12.1 Å². The van der Waals surface area contributed by atoms with Gasteiger partial charge in [-0.1, -0.05) is 0 Å². The fraction of sp³-hybridized carbons (Fsp3) is 0. The summed E-state index contributed by atoms with van der Waals surface area (Å²) in [6.45, 7) is 0. The van der Waals surface area contributed by atoms with Crippen LogP contribution in [-0.2, 0) is 0 Å². The Morgan fingerprint density at radius 2 is 1.00 bits per heavy atom. The van der Waals surface area contributed by atoms with E-state index in [4.69, 9.17) is 0 Å². The van der Waals surface area contributed by atoms with E-state index in [1.54, 1.807) is 0 Å². The van der Waals surface area contributed by atoms with Gasteiger partial charge in [0, 0.05) is 19.8 Å². The first-order valence-electron chi connectivity index (χ1n) is 2.42. The molecule has 11 heavy (non-hydrogen) atoms. The van der Waals surface area contributed by atoms with E-state index in [2.05, 4.69) is 0 Å². The van der Waals surface area contributed by atoms with Crippen molar-refractivity contribution in [3.8, 4) is 0 Å². The second kappa shape index (κ2) is 3.82. The first-order valence-corrected chi connectivity index (χ1v) is 2.42. The zero-order chi connectivity index (χ0) is 7.72. The summed E-state index contributed by atoms with van der Waals surface area (Å²) in [7, 11) is 0. The molecule has 0 bridgehead atoms. The van der Waals surface area contributed by atoms with Gasteiger partial charge in [-0.15, -0.1) is 0 Å². The van der Waals surface area contributed by atoms with Crippen molar-refractivity contribution in [2.45, 2.75) is 0 Å². The van der Waals surface area contributed by atoms with Crippen molar-refractivity contribution in [3.63, 3.8) is 0 Å². The van der Waals surface area contributed by atoms with Crippen LogP contribution in [0.4, 0.5) is 17.6 Å². The van der Waals surface area contributed by atoms with Gasteiger partial charge in [0.1, 0.15) is 0 Å². The Balaban J connectivity index is 0.000001000. The molecule has 0 amide bonds. The zero-order valence-corrected chi connectivity index (χ0v) is 7.67. The maximum absolute atomic E-state index is 12.0. The van der Waals surface area contributed by atoms with Gasteiger partial charge in [-0.3, -0.25) is 0 Å². The third-order valence-corrected chi connectivity index (χ3v) is 0.988. The topological polar surface area (TPSA) is 0 Å². The van der Waals surface area contributed by atoms with Gasteiger partial charge in [-0.25, -0.2) is 17.6 Å². The molecule has 0 unspecified atom stereocenters. The van der Waals surface area contributed by atoms with Crippen LogP contribution in [0.5, 0.6) is 0 Å². The molecule has 1 aromatic rings.